The Hall–Kier alpha value is -3.02. The van der Waals surface area contributed by atoms with E-state index in [1.807, 2.05) is 26.1 Å². The predicted octanol–water partition coefficient (Wildman–Crippen LogP) is 2.79. The van der Waals surface area contributed by atoms with Crippen molar-refractivity contribution in [2.45, 2.75) is 25.8 Å². The van der Waals surface area contributed by atoms with Crippen LogP contribution in [0.15, 0.2) is 42.5 Å². The van der Waals surface area contributed by atoms with E-state index in [0.29, 0.717) is 23.7 Å². The number of hydrogen-bond donors (Lipinski definition) is 1. The van der Waals surface area contributed by atoms with Gasteiger partial charge in [-0.2, -0.15) is 0 Å². The summed E-state index contributed by atoms with van der Waals surface area (Å²) in [6.45, 7) is 1.74. The molecule has 2 aromatic carbocycles. The molecule has 0 saturated heterocycles. The molecule has 0 radical (unpaired) electrons. The number of nitrogens with zero attached hydrogens (tertiary/aromatic N) is 1. The Labute approximate surface area is 158 Å². The standard InChI is InChI=1S/C21H23NO5/c1-3-26-19-12-16(8-9-18(19)27-13-20(23)24)21(25)22(2)17-10-14-6-4-5-7-15(14)11-17/h4-9,12,17H,3,10-11,13H2,1-2H3,(H,23,24). The first-order valence-corrected chi connectivity index (χ1v) is 8.95. The number of carbonyl (C=O) groups is 2. The Morgan fingerprint density at radius 1 is 1.07 bits per heavy atom. The van der Waals surface area contributed by atoms with Crippen molar-refractivity contribution in [2.24, 2.45) is 0 Å². The van der Waals surface area contributed by atoms with Crippen LogP contribution in [-0.4, -0.2) is 48.2 Å². The maximum absolute atomic E-state index is 13.0. The Balaban J connectivity index is 1.76. The van der Waals surface area contributed by atoms with Gasteiger partial charge in [-0.05, 0) is 49.1 Å². The summed E-state index contributed by atoms with van der Waals surface area (Å²) in [6.07, 6.45) is 1.69. The van der Waals surface area contributed by atoms with Crippen LogP contribution < -0.4 is 9.47 Å². The molecule has 0 unspecified atom stereocenters. The minimum absolute atomic E-state index is 0.0986. The average molecular weight is 369 g/mol. The third kappa shape index (κ3) is 4.22. The lowest BCUT2D eigenvalue weighted by Crippen LogP contribution is -2.37. The smallest absolute Gasteiger partial charge is 0.341 e. The zero-order chi connectivity index (χ0) is 19.4. The SMILES string of the molecule is CCOc1cc(C(=O)N(C)C2Cc3ccccc3C2)ccc1OCC(=O)O. The highest BCUT2D eigenvalue weighted by Gasteiger charge is 2.28. The maximum atomic E-state index is 13.0. The predicted molar refractivity (Wildman–Crippen MR) is 100 cm³/mol. The molecule has 2 aromatic rings. The molecular formula is C21H23NO5. The Kier molecular flexibility index (Phi) is 5.64. The van der Waals surface area contributed by atoms with Gasteiger partial charge in [0.15, 0.2) is 18.1 Å². The van der Waals surface area contributed by atoms with Gasteiger partial charge < -0.3 is 19.5 Å². The summed E-state index contributed by atoms with van der Waals surface area (Å²) in [4.78, 5) is 25.4. The number of amides is 1. The Morgan fingerprint density at radius 2 is 1.74 bits per heavy atom. The van der Waals surface area contributed by atoms with Crippen LogP contribution in [0.25, 0.3) is 0 Å². The van der Waals surface area contributed by atoms with E-state index in [-0.39, 0.29) is 11.9 Å². The summed E-state index contributed by atoms with van der Waals surface area (Å²) >= 11 is 0. The molecule has 1 N–H and O–H groups in total. The molecule has 0 aliphatic heterocycles. The van der Waals surface area contributed by atoms with Crippen molar-refractivity contribution in [1.82, 2.24) is 4.90 Å². The van der Waals surface area contributed by atoms with Gasteiger partial charge >= 0.3 is 5.97 Å². The summed E-state index contributed by atoms with van der Waals surface area (Å²) < 4.78 is 10.8. The van der Waals surface area contributed by atoms with Crippen LogP contribution in [0.4, 0.5) is 0 Å². The average Bonchev–Trinajstić information content (AvgIpc) is 3.10. The fourth-order valence-corrected chi connectivity index (χ4v) is 3.35. The highest BCUT2D eigenvalue weighted by molar-refractivity contribution is 5.95. The van der Waals surface area contributed by atoms with Crippen LogP contribution in [0.2, 0.25) is 0 Å². The molecule has 1 aliphatic carbocycles. The lowest BCUT2D eigenvalue weighted by Gasteiger charge is -2.25. The van der Waals surface area contributed by atoms with Gasteiger partial charge in [-0.1, -0.05) is 24.3 Å². The van der Waals surface area contributed by atoms with Crippen molar-refractivity contribution in [3.63, 3.8) is 0 Å². The van der Waals surface area contributed by atoms with E-state index >= 15 is 0 Å². The van der Waals surface area contributed by atoms with E-state index in [0.717, 1.165) is 12.8 Å². The zero-order valence-corrected chi connectivity index (χ0v) is 15.5. The second kappa shape index (κ2) is 8.12. The second-order valence-corrected chi connectivity index (χ2v) is 6.52. The van der Waals surface area contributed by atoms with Crippen molar-refractivity contribution < 1.29 is 24.2 Å². The van der Waals surface area contributed by atoms with E-state index in [1.165, 1.54) is 11.1 Å². The molecule has 0 spiro atoms. The molecule has 1 amide bonds. The molecule has 1 aliphatic rings. The van der Waals surface area contributed by atoms with Crippen molar-refractivity contribution in [2.75, 3.05) is 20.3 Å². The third-order valence-electron chi connectivity index (χ3n) is 4.74. The molecule has 6 heteroatoms. The molecule has 0 atom stereocenters. The van der Waals surface area contributed by atoms with Crippen LogP contribution in [0.5, 0.6) is 11.5 Å². The molecule has 0 aromatic heterocycles. The number of carboxylic acid groups (broad SMARTS) is 1. The summed E-state index contributed by atoms with van der Waals surface area (Å²) in [7, 11) is 1.81. The van der Waals surface area contributed by atoms with E-state index in [4.69, 9.17) is 14.6 Å². The van der Waals surface area contributed by atoms with Crippen LogP contribution in [0.1, 0.15) is 28.4 Å². The number of likely N-dealkylation sites (N-methyl/N-ethyl adjacent to an activating group) is 1. The van der Waals surface area contributed by atoms with Gasteiger partial charge in [-0.15, -0.1) is 0 Å². The van der Waals surface area contributed by atoms with Crippen LogP contribution in [-0.2, 0) is 17.6 Å². The van der Waals surface area contributed by atoms with E-state index in [1.54, 1.807) is 23.1 Å². The largest absolute Gasteiger partial charge is 0.490 e. The fraction of sp³-hybridized carbons (Fsp3) is 0.333. The summed E-state index contributed by atoms with van der Waals surface area (Å²) in [5.74, 6) is -0.490. The number of ether oxygens (including phenoxy) is 2. The first kappa shape index (κ1) is 18.8. The quantitative estimate of drug-likeness (QED) is 0.812. The number of carboxylic acids is 1. The van der Waals surface area contributed by atoms with Crippen molar-refractivity contribution in [1.29, 1.82) is 0 Å². The monoisotopic (exact) mass is 369 g/mol. The van der Waals surface area contributed by atoms with Crippen molar-refractivity contribution in [3.8, 4) is 11.5 Å². The van der Waals surface area contributed by atoms with Crippen LogP contribution >= 0.6 is 0 Å². The van der Waals surface area contributed by atoms with Gasteiger partial charge in [0.25, 0.3) is 5.91 Å². The minimum Gasteiger partial charge on any atom is -0.490 e. The fourth-order valence-electron chi connectivity index (χ4n) is 3.35. The molecule has 142 valence electrons. The maximum Gasteiger partial charge on any atom is 0.341 e. The molecule has 0 saturated carbocycles. The van der Waals surface area contributed by atoms with Crippen molar-refractivity contribution in [3.05, 3.63) is 59.2 Å². The van der Waals surface area contributed by atoms with Gasteiger partial charge in [0.05, 0.1) is 6.61 Å². The molecule has 3 rings (SSSR count). The molecule has 0 bridgehead atoms. The topological polar surface area (TPSA) is 76.1 Å². The third-order valence-corrected chi connectivity index (χ3v) is 4.74. The summed E-state index contributed by atoms with van der Waals surface area (Å²) in [5.41, 5.74) is 3.06. The molecule has 0 fully saturated rings. The van der Waals surface area contributed by atoms with Gasteiger partial charge in [0.1, 0.15) is 0 Å². The lowest BCUT2D eigenvalue weighted by atomic mass is 10.1. The molecule has 6 nitrogen and oxygen atoms in total. The second-order valence-electron chi connectivity index (χ2n) is 6.52. The number of carbonyl (C=O) groups excluding carboxylic acids is 1. The molecule has 0 heterocycles. The number of benzene rings is 2. The number of rotatable bonds is 7. The summed E-state index contributed by atoms with van der Waals surface area (Å²) in [6, 6.07) is 13.2. The lowest BCUT2D eigenvalue weighted by molar-refractivity contribution is -0.139. The van der Waals surface area contributed by atoms with E-state index < -0.39 is 12.6 Å². The molecular weight excluding hydrogens is 346 g/mol. The highest BCUT2D eigenvalue weighted by Crippen LogP contribution is 2.30. The normalized spacial score (nSPS) is 13.1. The zero-order valence-electron chi connectivity index (χ0n) is 15.5. The number of aliphatic carboxylic acids is 1. The first-order chi connectivity index (χ1) is 13.0. The minimum atomic E-state index is -1.07. The van der Waals surface area contributed by atoms with Crippen LogP contribution in [0.3, 0.4) is 0 Å². The number of fused-ring (bicyclic) bond motifs is 1. The summed E-state index contributed by atoms with van der Waals surface area (Å²) in [5, 5.41) is 8.78. The van der Waals surface area contributed by atoms with Gasteiger partial charge in [0, 0.05) is 18.7 Å². The first-order valence-electron chi connectivity index (χ1n) is 8.95. The van der Waals surface area contributed by atoms with E-state index in [9.17, 15) is 9.59 Å². The number of hydrogen-bond acceptors (Lipinski definition) is 4. The van der Waals surface area contributed by atoms with E-state index in [2.05, 4.69) is 12.1 Å². The van der Waals surface area contributed by atoms with Gasteiger partial charge in [-0.3, -0.25) is 4.79 Å². The Morgan fingerprint density at radius 3 is 2.33 bits per heavy atom. The van der Waals surface area contributed by atoms with Crippen LogP contribution in [0, 0.1) is 0 Å². The van der Waals surface area contributed by atoms with Gasteiger partial charge in [0.2, 0.25) is 0 Å². The Bertz CT molecular complexity index is 823. The van der Waals surface area contributed by atoms with Crippen molar-refractivity contribution >= 4 is 11.9 Å². The molecule has 27 heavy (non-hydrogen) atoms. The highest BCUT2D eigenvalue weighted by atomic mass is 16.5. The van der Waals surface area contributed by atoms with Gasteiger partial charge in [-0.25, -0.2) is 4.79 Å².